The van der Waals surface area contributed by atoms with Gasteiger partial charge in [0.25, 0.3) is 5.91 Å². The maximum absolute atomic E-state index is 11.8. The monoisotopic (exact) mass is 329 g/mol. The van der Waals surface area contributed by atoms with Crippen molar-refractivity contribution in [3.05, 3.63) is 39.1 Å². The van der Waals surface area contributed by atoms with E-state index in [4.69, 9.17) is 9.52 Å². The second-order valence-electron chi connectivity index (χ2n) is 3.46. The number of thiophene rings is 1. The molecule has 0 atom stereocenters. The van der Waals surface area contributed by atoms with Crippen LogP contribution in [0.4, 0.5) is 5.00 Å². The smallest absolute Gasteiger partial charge is 0.338 e. The van der Waals surface area contributed by atoms with E-state index in [1.54, 1.807) is 13.0 Å². The van der Waals surface area contributed by atoms with Gasteiger partial charge in [-0.25, -0.2) is 4.79 Å². The summed E-state index contributed by atoms with van der Waals surface area (Å²) in [5.74, 6) is -1.44. The molecule has 2 N–H and O–H groups in total. The maximum atomic E-state index is 11.8. The molecule has 2 aromatic heterocycles. The number of carboxylic acid groups (broad SMARTS) is 1. The molecule has 7 heteroatoms. The van der Waals surface area contributed by atoms with E-state index in [1.807, 2.05) is 0 Å². The molecule has 0 saturated carbocycles. The number of amides is 1. The molecule has 2 heterocycles. The number of carbonyl (C=O) groups excluding carboxylic acids is 1. The average Bonchev–Trinajstić information content (AvgIpc) is 2.85. The Hall–Kier alpha value is -1.60. The Labute approximate surface area is 115 Å². The first-order valence-electron chi connectivity index (χ1n) is 4.88. The molecule has 1 amide bonds. The van der Waals surface area contributed by atoms with Gasteiger partial charge in [0.1, 0.15) is 5.00 Å². The van der Waals surface area contributed by atoms with Crippen molar-refractivity contribution in [2.45, 2.75) is 6.92 Å². The van der Waals surface area contributed by atoms with Crippen molar-refractivity contribution in [2.24, 2.45) is 0 Å². The van der Waals surface area contributed by atoms with Crippen LogP contribution in [0.1, 0.15) is 25.8 Å². The van der Waals surface area contributed by atoms with E-state index >= 15 is 0 Å². The minimum Gasteiger partial charge on any atom is -0.478 e. The van der Waals surface area contributed by atoms with Gasteiger partial charge in [0.15, 0.2) is 10.4 Å². The number of rotatable bonds is 3. The van der Waals surface area contributed by atoms with Crippen LogP contribution in [0.2, 0.25) is 0 Å². The van der Waals surface area contributed by atoms with Gasteiger partial charge in [-0.05, 0) is 41.1 Å². The molecule has 18 heavy (non-hydrogen) atoms. The molecule has 0 saturated heterocycles. The number of nitrogens with one attached hydrogen (secondary N) is 1. The molecule has 94 valence electrons. The van der Waals surface area contributed by atoms with Crippen molar-refractivity contribution in [3.63, 3.8) is 0 Å². The van der Waals surface area contributed by atoms with Gasteiger partial charge >= 0.3 is 5.97 Å². The number of halogens is 1. The second-order valence-corrected chi connectivity index (χ2v) is 5.50. The molecule has 0 spiro atoms. The normalized spacial score (nSPS) is 10.3. The molecule has 0 aliphatic rings. The molecule has 0 aliphatic carbocycles. The van der Waals surface area contributed by atoms with Gasteiger partial charge in [-0.2, -0.15) is 0 Å². The lowest BCUT2D eigenvalue weighted by Crippen LogP contribution is -2.12. The second kappa shape index (κ2) is 4.95. The molecule has 0 fully saturated rings. The highest BCUT2D eigenvalue weighted by molar-refractivity contribution is 9.10. The van der Waals surface area contributed by atoms with Crippen LogP contribution in [0.15, 0.2) is 27.3 Å². The Balaban J connectivity index is 2.24. The standard InChI is InChI=1S/C11H8BrNO4S/c1-5-4-6(11(15)16)10(18-5)13-9(14)7-2-3-8(12)17-7/h2-4H,1H3,(H,13,14)(H,15,16). The van der Waals surface area contributed by atoms with Gasteiger partial charge in [0.05, 0.1) is 5.56 Å². The summed E-state index contributed by atoms with van der Waals surface area (Å²) < 4.78 is 5.52. The fourth-order valence-corrected chi connectivity index (χ4v) is 2.57. The minimum absolute atomic E-state index is 0.0801. The summed E-state index contributed by atoms with van der Waals surface area (Å²) in [7, 11) is 0. The molecule has 0 radical (unpaired) electrons. The summed E-state index contributed by atoms with van der Waals surface area (Å²) in [5.41, 5.74) is 0.0801. The van der Waals surface area contributed by atoms with Crippen molar-refractivity contribution < 1.29 is 19.1 Å². The number of aryl methyl sites for hydroxylation is 1. The van der Waals surface area contributed by atoms with E-state index in [0.29, 0.717) is 9.67 Å². The zero-order valence-electron chi connectivity index (χ0n) is 9.19. The number of carbonyl (C=O) groups is 2. The Morgan fingerprint density at radius 1 is 1.44 bits per heavy atom. The third kappa shape index (κ3) is 2.62. The molecule has 0 bridgehead atoms. The summed E-state index contributed by atoms with van der Waals surface area (Å²) >= 11 is 4.30. The zero-order valence-corrected chi connectivity index (χ0v) is 11.6. The molecule has 2 aromatic rings. The molecule has 0 unspecified atom stereocenters. The Morgan fingerprint density at radius 3 is 2.72 bits per heavy atom. The Morgan fingerprint density at radius 2 is 2.17 bits per heavy atom. The number of furan rings is 1. The fourth-order valence-electron chi connectivity index (χ4n) is 1.37. The number of aromatic carboxylic acids is 1. The Bertz CT molecular complexity index is 616. The largest absolute Gasteiger partial charge is 0.478 e. The van der Waals surface area contributed by atoms with E-state index in [2.05, 4.69) is 21.2 Å². The predicted molar refractivity (Wildman–Crippen MR) is 70.4 cm³/mol. The first-order valence-corrected chi connectivity index (χ1v) is 6.48. The number of carboxylic acids is 1. The summed E-state index contributed by atoms with van der Waals surface area (Å²) in [5, 5.41) is 11.8. The van der Waals surface area contributed by atoms with Gasteiger partial charge < -0.3 is 14.8 Å². The van der Waals surface area contributed by atoms with Crippen LogP contribution in [0, 0.1) is 6.92 Å². The van der Waals surface area contributed by atoms with Crippen molar-refractivity contribution >= 4 is 44.1 Å². The minimum atomic E-state index is -1.07. The quantitative estimate of drug-likeness (QED) is 0.904. The summed E-state index contributed by atoms with van der Waals surface area (Å²) in [4.78, 5) is 23.6. The summed E-state index contributed by atoms with van der Waals surface area (Å²) in [6, 6.07) is 4.60. The third-order valence-corrected chi connectivity index (χ3v) is 3.50. The lowest BCUT2D eigenvalue weighted by molar-refractivity contribution is 0.0698. The lowest BCUT2D eigenvalue weighted by atomic mass is 10.3. The summed E-state index contributed by atoms with van der Waals surface area (Å²) in [6.45, 7) is 1.77. The van der Waals surface area contributed by atoms with E-state index in [-0.39, 0.29) is 11.3 Å². The average molecular weight is 330 g/mol. The van der Waals surface area contributed by atoms with Crippen LogP contribution in [-0.2, 0) is 0 Å². The SMILES string of the molecule is Cc1cc(C(=O)O)c(NC(=O)c2ccc(Br)o2)s1. The van der Waals surface area contributed by atoms with Gasteiger partial charge in [-0.1, -0.05) is 0 Å². The lowest BCUT2D eigenvalue weighted by Gasteiger charge is -2.01. The highest BCUT2D eigenvalue weighted by Gasteiger charge is 2.18. The van der Waals surface area contributed by atoms with E-state index in [1.165, 1.54) is 23.5 Å². The van der Waals surface area contributed by atoms with E-state index in [0.717, 1.165) is 4.88 Å². The highest BCUT2D eigenvalue weighted by atomic mass is 79.9. The highest BCUT2D eigenvalue weighted by Crippen LogP contribution is 2.28. The van der Waals surface area contributed by atoms with Crippen molar-refractivity contribution in [2.75, 3.05) is 5.32 Å². The third-order valence-electron chi connectivity index (χ3n) is 2.11. The number of anilines is 1. The zero-order chi connectivity index (χ0) is 13.3. The van der Waals surface area contributed by atoms with Crippen LogP contribution >= 0.6 is 27.3 Å². The van der Waals surface area contributed by atoms with Crippen LogP contribution < -0.4 is 5.32 Å². The number of hydrogen-bond acceptors (Lipinski definition) is 4. The predicted octanol–water partition coefficient (Wildman–Crippen LogP) is 3.36. The molecule has 2 rings (SSSR count). The van der Waals surface area contributed by atoms with Crippen LogP contribution in [0.5, 0.6) is 0 Å². The molecule has 5 nitrogen and oxygen atoms in total. The maximum Gasteiger partial charge on any atom is 0.338 e. The van der Waals surface area contributed by atoms with E-state index < -0.39 is 11.9 Å². The number of hydrogen-bond donors (Lipinski definition) is 2. The van der Waals surface area contributed by atoms with Gasteiger partial charge in [-0.15, -0.1) is 11.3 Å². The Kier molecular flexibility index (Phi) is 3.53. The molecular formula is C11H8BrNO4S. The van der Waals surface area contributed by atoms with Gasteiger partial charge in [0, 0.05) is 4.88 Å². The molecule has 0 aromatic carbocycles. The van der Waals surface area contributed by atoms with Crippen molar-refractivity contribution in [1.29, 1.82) is 0 Å². The van der Waals surface area contributed by atoms with Crippen molar-refractivity contribution in [3.8, 4) is 0 Å². The first kappa shape index (κ1) is 12.8. The first-order chi connectivity index (χ1) is 8.47. The van der Waals surface area contributed by atoms with Crippen molar-refractivity contribution in [1.82, 2.24) is 0 Å². The van der Waals surface area contributed by atoms with Gasteiger partial charge in [-0.3, -0.25) is 4.79 Å². The van der Waals surface area contributed by atoms with E-state index in [9.17, 15) is 9.59 Å². The summed E-state index contributed by atoms with van der Waals surface area (Å²) in [6.07, 6.45) is 0. The molecular weight excluding hydrogens is 322 g/mol. The van der Waals surface area contributed by atoms with Crippen LogP contribution in [0.25, 0.3) is 0 Å². The van der Waals surface area contributed by atoms with Crippen LogP contribution in [0.3, 0.4) is 0 Å². The van der Waals surface area contributed by atoms with Gasteiger partial charge in [0.2, 0.25) is 0 Å². The topological polar surface area (TPSA) is 79.5 Å². The fraction of sp³-hybridized carbons (Fsp3) is 0.0909. The van der Waals surface area contributed by atoms with Crippen LogP contribution in [-0.4, -0.2) is 17.0 Å². The molecule has 0 aliphatic heterocycles.